The smallest absolute Gasteiger partial charge is 0.240 e. The zero-order valence-corrected chi connectivity index (χ0v) is 12.8. The molecule has 1 N–H and O–H groups in total. The maximum Gasteiger partial charge on any atom is 0.240 e. The molecular weight excluding hydrogens is 270 g/mol. The third kappa shape index (κ3) is 5.12. The van der Waals surface area contributed by atoms with E-state index in [2.05, 4.69) is 17.5 Å². The first-order valence-corrected chi connectivity index (χ1v) is 7.92. The Labute approximate surface area is 125 Å². The summed E-state index contributed by atoms with van der Waals surface area (Å²) in [4.78, 5) is 25.2. The van der Waals surface area contributed by atoms with Crippen LogP contribution >= 0.6 is 0 Å². The standard InChI is InChI=1S/C15H25N3O3/c1-2-10-21-13-4-3-9-18(11-13)15(20)8-6-12-5-7-14(19)17-16-12/h13H,2-11H2,1H3,(H,17,19). The van der Waals surface area contributed by atoms with Gasteiger partial charge in [-0.25, -0.2) is 5.43 Å². The number of likely N-dealkylation sites (tertiary alicyclic amines) is 1. The van der Waals surface area contributed by atoms with Gasteiger partial charge in [-0.2, -0.15) is 5.10 Å². The van der Waals surface area contributed by atoms with Gasteiger partial charge in [-0.05, 0) is 32.1 Å². The first-order chi connectivity index (χ1) is 10.2. The molecule has 0 saturated carbocycles. The lowest BCUT2D eigenvalue weighted by Gasteiger charge is -2.32. The third-order valence-electron chi connectivity index (χ3n) is 3.90. The van der Waals surface area contributed by atoms with Gasteiger partial charge in [0.25, 0.3) is 0 Å². The minimum absolute atomic E-state index is 0.0444. The molecule has 1 unspecified atom stereocenters. The van der Waals surface area contributed by atoms with Gasteiger partial charge in [0.05, 0.1) is 6.10 Å². The summed E-state index contributed by atoms with van der Waals surface area (Å²) in [5.41, 5.74) is 3.39. The van der Waals surface area contributed by atoms with Crippen molar-refractivity contribution in [3.8, 4) is 0 Å². The lowest BCUT2D eigenvalue weighted by Crippen LogP contribution is -2.43. The Morgan fingerprint density at radius 1 is 1.48 bits per heavy atom. The van der Waals surface area contributed by atoms with Crippen molar-refractivity contribution in [2.24, 2.45) is 5.10 Å². The van der Waals surface area contributed by atoms with E-state index < -0.39 is 0 Å². The molecule has 1 atom stereocenters. The number of hydrogen-bond acceptors (Lipinski definition) is 4. The van der Waals surface area contributed by atoms with Gasteiger partial charge in [-0.3, -0.25) is 9.59 Å². The van der Waals surface area contributed by atoms with Crippen LogP contribution in [0.15, 0.2) is 5.10 Å². The fourth-order valence-corrected chi connectivity index (χ4v) is 2.69. The maximum atomic E-state index is 12.3. The zero-order valence-electron chi connectivity index (χ0n) is 12.8. The number of carbonyl (C=O) groups excluding carboxylic acids is 2. The third-order valence-corrected chi connectivity index (χ3v) is 3.90. The Bertz CT molecular complexity index is 409. The number of rotatable bonds is 6. The molecule has 2 aliphatic rings. The molecule has 2 heterocycles. The average molecular weight is 295 g/mol. The van der Waals surface area contributed by atoms with Crippen LogP contribution in [0.5, 0.6) is 0 Å². The van der Waals surface area contributed by atoms with Crippen LogP contribution in [-0.4, -0.2) is 48.2 Å². The molecular formula is C15H25N3O3. The lowest BCUT2D eigenvalue weighted by atomic mass is 10.1. The van der Waals surface area contributed by atoms with Crippen LogP contribution in [0.25, 0.3) is 0 Å². The Morgan fingerprint density at radius 3 is 3.05 bits per heavy atom. The van der Waals surface area contributed by atoms with Crippen LogP contribution < -0.4 is 5.43 Å². The number of amides is 2. The summed E-state index contributed by atoms with van der Waals surface area (Å²) >= 11 is 0. The van der Waals surface area contributed by atoms with Crippen molar-refractivity contribution in [1.82, 2.24) is 10.3 Å². The van der Waals surface area contributed by atoms with Gasteiger partial charge in [-0.1, -0.05) is 6.92 Å². The number of hydrogen-bond donors (Lipinski definition) is 1. The van der Waals surface area contributed by atoms with Gasteiger partial charge in [0.1, 0.15) is 0 Å². The summed E-state index contributed by atoms with van der Waals surface area (Å²) < 4.78 is 5.75. The van der Waals surface area contributed by atoms with E-state index in [0.29, 0.717) is 32.2 Å². The molecule has 0 aromatic heterocycles. The first-order valence-electron chi connectivity index (χ1n) is 7.92. The predicted molar refractivity (Wildman–Crippen MR) is 79.9 cm³/mol. The minimum Gasteiger partial charge on any atom is -0.376 e. The highest BCUT2D eigenvalue weighted by atomic mass is 16.5. The zero-order chi connectivity index (χ0) is 15.1. The first kappa shape index (κ1) is 15.9. The molecule has 0 aliphatic carbocycles. The van der Waals surface area contributed by atoms with Gasteiger partial charge in [0.2, 0.25) is 11.8 Å². The summed E-state index contributed by atoms with van der Waals surface area (Å²) in [7, 11) is 0. The molecule has 0 aromatic carbocycles. The molecule has 2 rings (SSSR count). The molecule has 1 fully saturated rings. The van der Waals surface area contributed by atoms with Crippen LogP contribution in [0.2, 0.25) is 0 Å². The van der Waals surface area contributed by atoms with E-state index in [-0.39, 0.29) is 17.9 Å². The monoisotopic (exact) mass is 295 g/mol. The predicted octanol–water partition coefficient (Wildman–Crippen LogP) is 1.45. The normalized spacial score (nSPS) is 22.7. The molecule has 0 radical (unpaired) electrons. The van der Waals surface area contributed by atoms with Crippen LogP contribution in [0, 0.1) is 0 Å². The number of piperidine rings is 1. The van der Waals surface area contributed by atoms with E-state index in [1.165, 1.54) is 0 Å². The molecule has 6 nitrogen and oxygen atoms in total. The van der Waals surface area contributed by atoms with E-state index in [1.807, 2.05) is 4.90 Å². The molecule has 6 heteroatoms. The highest BCUT2D eigenvalue weighted by Crippen LogP contribution is 2.15. The molecule has 0 spiro atoms. The Hall–Kier alpha value is -1.43. The van der Waals surface area contributed by atoms with E-state index >= 15 is 0 Å². The van der Waals surface area contributed by atoms with Crippen LogP contribution in [0.3, 0.4) is 0 Å². The number of carbonyl (C=O) groups is 2. The van der Waals surface area contributed by atoms with Crippen molar-refractivity contribution in [3.63, 3.8) is 0 Å². The second-order valence-electron chi connectivity index (χ2n) is 5.69. The molecule has 1 saturated heterocycles. The molecule has 2 amide bonds. The van der Waals surface area contributed by atoms with Crippen LogP contribution in [0.1, 0.15) is 51.9 Å². The van der Waals surface area contributed by atoms with E-state index in [1.54, 1.807) is 0 Å². The summed E-state index contributed by atoms with van der Waals surface area (Å²) in [5.74, 6) is 0.122. The van der Waals surface area contributed by atoms with Crippen molar-refractivity contribution >= 4 is 17.5 Å². The second-order valence-corrected chi connectivity index (χ2v) is 5.69. The van der Waals surface area contributed by atoms with Gasteiger partial charge in [-0.15, -0.1) is 0 Å². The summed E-state index contributed by atoms with van der Waals surface area (Å²) in [5, 5.41) is 4.00. The largest absolute Gasteiger partial charge is 0.376 e. The van der Waals surface area contributed by atoms with Crippen molar-refractivity contribution in [2.45, 2.75) is 58.0 Å². The van der Waals surface area contributed by atoms with Crippen LogP contribution in [-0.2, 0) is 14.3 Å². The average Bonchev–Trinajstić information content (AvgIpc) is 2.52. The molecule has 0 aromatic rings. The fourth-order valence-electron chi connectivity index (χ4n) is 2.69. The highest BCUT2D eigenvalue weighted by Gasteiger charge is 2.24. The van der Waals surface area contributed by atoms with Gasteiger partial charge >= 0.3 is 0 Å². The number of nitrogens with one attached hydrogen (secondary N) is 1. The van der Waals surface area contributed by atoms with E-state index in [0.717, 1.165) is 38.1 Å². The number of ether oxygens (including phenoxy) is 1. The summed E-state index contributed by atoms with van der Waals surface area (Å²) in [6.45, 7) is 4.40. The summed E-state index contributed by atoms with van der Waals surface area (Å²) in [6.07, 6.45) is 5.50. The number of nitrogens with zero attached hydrogens (tertiary/aromatic N) is 2. The highest BCUT2D eigenvalue weighted by molar-refractivity contribution is 5.94. The Morgan fingerprint density at radius 2 is 2.33 bits per heavy atom. The molecule has 0 bridgehead atoms. The topological polar surface area (TPSA) is 71.0 Å². The quantitative estimate of drug-likeness (QED) is 0.806. The second kappa shape index (κ2) is 8.12. The van der Waals surface area contributed by atoms with Crippen molar-refractivity contribution in [3.05, 3.63) is 0 Å². The lowest BCUT2D eigenvalue weighted by molar-refractivity contribution is -0.135. The van der Waals surface area contributed by atoms with Gasteiger partial charge < -0.3 is 9.64 Å². The summed E-state index contributed by atoms with van der Waals surface area (Å²) in [6, 6.07) is 0. The molecule has 118 valence electrons. The Balaban J connectivity index is 1.73. The van der Waals surface area contributed by atoms with Crippen LogP contribution in [0.4, 0.5) is 0 Å². The Kier molecular flexibility index (Phi) is 6.17. The van der Waals surface area contributed by atoms with Gasteiger partial charge in [0, 0.05) is 38.2 Å². The van der Waals surface area contributed by atoms with E-state index in [4.69, 9.17) is 4.74 Å². The van der Waals surface area contributed by atoms with Crippen molar-refractivity contribution in [2.75, 3.05) is 19.7 Å². The molecule has 21 heavy (non-hydrogen) atoms. The maximum absolute atomic E-state index is 12.3. The fraction of sp³-hybridized carbons (Fsp3) is 0.800. The van der Waals surface area contributed by atoms with Crippen molar-refractivity contribution < 1.29 is 14.3 Å². The molecule has 2 aliphatic heterocycles. The number of hydrazone groups is 1. The minimum atomic E-state index is -0.0444. The van der Waals surface area contributed by atoms with E-state index in [9.17, 15) is 9.59 Å². The SMILES string of the molecule is CCCOC1CCCN(C(=O)CCC2=NNC(=O)CC2)C1. The van der Waals surface area contributed by atoms with Crippen molar-refractivity contribution in [1.29, 1.82) is 0 Å². The van der Waals surface area contributed by atoms with Gasteiger partial charge in [0.15, 0.2) is 0 Å².